The van der Waals surface area contributed by atoms with Gasteiger partial charge in [0, 0.05) is 52.0 Å². The first kappa shape index (κ1) is 28.6. The van der Waals surface area contributed by atoms with Crippen molar-refractivity contribution < 1.29 is 27.4 Å². The Morgan fingerprint density at radius 3 is 2.78 bits per heavy atom. The number of halogens is 4. The molecule has 0 spiro atoms. The number of rotatable bonds is 8. The van der Waals surface area contributed by atoms with Gasteiger partial charge in [-0.3, -0.25) is 14.6 Å². The molecule has 1 aliphatic heterocycles. The fraction of sp³-hybridized carbons (Fsp3) is 0.370. The van der Waals surface area contributed by atoms with E-state index in [0.29, 0.717) is 30.0 Å². The van der Waals surface area contributed by atoms with Gasteiger partial charge in [0.05, 0.1) is 23.6 Å². The number of Topliss-reactive ketones (excluding diaryl/α,β-unsaturated/α-hetero) is 1. The van der Waals surface area contributed by atoms with Crippen molar-refractivity contribution in [1.29, 1.82) is 0 Å². The van der Waals surface area contributed by atoms with E-state index < -0.39 is 17.3 Å². The molecule has 0 saturated carbocycles. The van der Waals surface area contributed by atoms with Crippen molar-refractivity contribution >= 4 is 40.2 Å². The minimum Gasteiger partial charge on any atom is -0.454 e. The van der Waals surface area contributed by atoms with Crippen LogP contribution < -0.4 is 15.6 Å². The molecule has 1 saturated heterocycles. The van der Waals surface area contributed by atoms with E-state index >= 15 is 0 Å². The second-order valence-electron chi connectivity index (χ2n) is 9.78. The Hall–Kier alpha value is -3.97. The third kappa shape index (κ3) is 6.35. The van der Waals surface area contributed by atoms with E-state index in [0.717, 1.165) is 36.1 Å². The number of hydrogen-bond donors (Lipinski definition) is 1. The number of nitrogens with one attached hydrogen (secondary N) is 1. The summed E-state index contributed by atoms with van der Waals surface area (Å²) in [5.74, 6) is 0.637. The Morgan fingerprint density at radius 1 is 1.24 bits per heavy atom. The largest absolute Gasteiger partial charge is 0.454 e. The average molecular weight is 591 g/mol. The molecule has 0 aromatic carbocycles. The lowest BCUT2D eigenvalue weighted by molar-refractivity contribution is -0.138. The molecule has 1 N–H and O–H groups in total. The summed E-state index contributed by atoms with van der Waals surface area (Å²) in [6, 6.07) is 3.97. The van der Waals surface area contributed by atoms with Crippen molar-refractivity contribution in [3.8, 4) is 11.5 Å². The molecule has 0 aliphatic carbocycles. The summed E-state index contributed by atoms with van der Waals surface area (Å²) in [5, 5.41) is 2.80. The van der Waals surface area contributed by atoms with E-state index in [1.807, 2.05) is 0 Å². The van der Waals surface area contributed by atoms with Crippen molar-refractivity contribution in [3.63, 3.8) is 0 Å². The molecule has 1 aliphatic rings. The van der Waals surface area contributed by atoms with Crippen molar-refractivity contribution in [3.05, 3.63) is 63.4 Å². The molecule has 5 heterocycles. The number of alkyl halides is 3. The summed E-state index contributed by atoms with van der Waals surface area (Å²) in [6.07, 6.45) is 2.31. The number of pyridine rings is 3. The third-order valence-electron chi connectivity index (χ3n) is 6.69. The van der Waals surface area contributed by atoms with Crippen LogP contribution >= 0.6 is 11.6 Å². The maximum Gasteiger partial charge on any atom is 0.417 e. The van der Waals surface area contributed by atoms with Gasteiger partial charge in [0.1, 0.15) is 27.8 Å². The Labute approximate surface area is 237 Å². The number of imidazole rings is 1. The standard InChI is InChI=1S/C27H26ClF3N6O4/c1-36-14-15(27(29,30)31)9-20(25(36)39)34-26-35-24-23(37(26)2)22(28)21(13-33-24)41-19-6-7-32-16(11-19)10-17(38)12-18-5-3-4-8-40-18/h6-7,9,11,13-14,18H,3-5,8,10,12H2,1-2H3,(H,33,34,35)/t18-/m0/s1. The molecule has 1 atom stereocenters. The zero-order valence-corrected chi connectivity index (χ0v) is 22.9. The third-order valence-corrected chi connectivity index (χ3v) is 7.05. The van der Waals surface area contributed by atoms with Gasteiger partial charge in [-0.05, 0) is 31.4 Å². The first-order valence-electron chi connectivity index (χ1n) is 12.8. The molecule has 216 valence electrons. The van der Waals surface area contributed by atoms with Gasteiger partial charge in [0.2, 0.25) is 5.95 Å². The maximum atomic E-state index is 13.3. The quantitative estimate of drug-likeness (QED) is 0.293. The number of fused-ring (bicyclic) bond motifs is 1. The van der Waals surface area contributed by atoms with Gasteiger partial charge in [-0.2, -0.15) is 18.2 Å². The summed E-state index contributed by atoms with van der Waals surface area (Å²) < 4.78 is 53.8. The second kappa shape index (κ2) is 11.5. The molecular formula is C27H26ClF3N6O4. The smallest absolute Gasteiger partial charge is 0.417 e. The molecule has 0 unspecified atom stereocenters. The Morgan fingerprint density at radius 2 is 2.05 bits per heavy atom. The van der Waals surface area contributed by atoms with Crippen molar-refractivity contribution in [2.45, 2.75) is 44.4 Å². The molecular weight excluding hydrogens is 565 g/mol. The van der Waals surface area contributed by atoms with Crippen LogP contribution in [0, 0.1) is 0 Å². The topological polar surface area (TPSA) is 113 Å². The van der Waals surface area contributed by atoms with Gasteiger partial charge >= 0.3 is 6.18 Å². The molecule has 0 radical (unpaired) electrons. The van der Waals surface area contributed by atoms with Crippen molar-refractivity contribution in [1.82, 2.24) is 24.1 Å². The number of aryl methyl sites for hydroxylation is 2. The zero-order valence-electron chi connectivity index (χ0n) is 22.2. The van der Waals surface area contributed by atoms with Crippen LogP contribution in [0.3, 0.4) is 0 Å². The summed E-state index contributed by atoms with van der Waals surface area (Å²) in [7, 11) is 2.80. The molecule has 0 bridgehead atoms. The summed E-state index contributed by atoms with van der Waals surface area (Å²) >= 11 is 6.64. The Balaban J connectivity index is 1.36. The first-order chi connectivity index (χ1) is 19.5. The van der Waals surface area contributed by atoms with Gasteiger partial charge in [-0.25, -0.2) is 4.98 Å². The predicted octanol–water partition coefficient (Wildman–Crippen LogP) is 5.34. The van der Waals surface area contributed by atoms with Crippen LogP contribution in [0.4, 0.5) is 24.8 Å². The maximum absolute atomic E-state index is 13.3. The lowest BCUT2D eigenvalue weighted by Crippen LogP contribution is -2.23. The minimum absolute atomic E-state index is 0.0215. The van der Waals surface area contributed by atoms with Crippen LogP contribution in [0.15, 0.2) is 41.6 Å². The van der Waals surface area contributed by atoms with Crippen LogP contribution in [0.25, 0.3) is 11.2 Å². The molecule has 0 amide bonds. The molecule has 14 heteroatoms. The predicted molar refractivity (Wildman–Crippen MR) is 145 cm³/mol. The SMILES string of the molecule is Cn1cc(C(F)(F)F)cc(Nc2nc3ncc(Oc4ccnc(CC(=O)C[C@@H]5CCCCO5)c4)c(Cl)c3n2C)c1=O. The number of anilines is 2. The molecule has 10 nitrogen and oxygen atoms in total. The van der Waals surface area contributed by atoms with E-state index in [9.17, 15) is 22.8 Å². The minimum atomic E-state index is -4.64. The van der Waals surface area contributed by atoms with Crippen LogP contribution in [0.5, 0.6) is 11.5 Å². The zero-order chi connectivity index (χ0) is 29.3. The van der Waals surface area contributed by atoms with Crippen molar-refractivity contribution in [2.75, 3.05) is 11.9 Å². The highest BCUT2D eigenvalue weighted by Crippen LogP contribution is 2.36. The second-order valence-corrected chi connectivity index (χ2v) is 10.2. The van der Waals surface area contributed by atoms with E-state index in [-0.39, 0.29) is 46.4 Å². The average Bonchev–Trinajstić information content (AvgIpc) is 3.24. The van der Waals surface area contributed by atoms with Crippen LogP contribution in [0.2, 0.25) is 5.02 Å². The van der Waals surface area contributed by atoms with E-state index in [2.05, 4.69) is 20.3 Å². The number of carbonyl (C=O) groups excluding carboxylic acids is 1. The molecule has 5 rings (SSSR count). The summed E-state index contributed by atoms with van der Waals surface area (Å²) in [5.41, 5.74) is -0.945. The number of aromatic nitrogens is 5. The van der Waals surface area contributed by atoms with Crippen LogP contribution in [-0.2, 0) is 36.2 Å². The Kier molecular flexibility index (Phi) is 8.00. The fourth-order valence-electron chi connectivity index (χ4n) is 4.61. The van der Waals surface area contributed by atoms with Crippen molar-refractivity contribution in [2.24, 2.45) is 14.1 Å². The van der Waals surface area contributed by atoms with E-state index in [1.54, 1.807) is 19.2 Å². The number of carbonyl (C=O) groups is 1. The lowest BCUT2D eigenvalue weighted by atomic mass is 10.0. The summed E-state index contributed by atoms with van der Waals surface area (Å²) in [6.45, 7) is 0.677. The van der Waals surface area contributed by atoms with E-state index in [1.165, 1.54) is 24.0 Å². The monoisotopic (exact) mass is 590 g/mol. The number of nitrogens with zero attached hydrogens (tertiary/aromatic N) is 5. The molecule has 41 heavy (non-hydrogen) atoms. The van der Waals surface area contributed by atoms with Gasteiger partial charge in [-0.15, -0.1) is 0 Å². The number of hydrogen-bond acceptors (Lipinski definition) is 8. The highest BCUT2D eigenvalue weighted by molar-refractivity contribution is 6.36. The number of ether oxygens (including phenoxy) is 2. The highest BCUT2D eigenvalue weighted by atomic mass is 35.5. The first-order valence-corrected chi connectivity index (χ1v) is 13.2. The van der Waals surface area contributed by atoms with Gasteiger partial charge in [0.15, 0.2) is 11.4 Å². The van der Waals surface area contributed by atoms with E-state index in [4.69, 9.17) is 21.1 Å². The van der Waals surface area contributed by atoms with Gasteiger partial charge in [-0.1, -0.05) is 11.6 Å². The van der Waals surface area contributed by atoms with Crippen LogP contribution in [0.1, 0.15) is 36.9 Å². The molecule has 4 aromatic heterocycles. The highest BCUT2D eigenvalue weighted by Gasteiger charge is 2.32. The fourth-order valence-corrected chi connectivity index (χ4v) is 4.91. The normalized spacial score (nSPS) is 15.7. The van der Waals surface area contributed by atoms with Gasteiger partial charge in [0.25, 0.3) is 5.56 Å². The number of ketones is 1. The van der Waals surface area contributed by atoms with Crippen LogP contribution in [-0.4, -0.2) is 42.6 Å². The summed E-state index contributed by atoms with van der Waals surface area (Å²) in [4.78, 5) is 37.9. The molecule has 1 fully saturated rings. The lowest BCUT2D eigenvalue weighted by Gasteiger charge is -2.21. The van der Waals surface area contributed by atoms with Gasteiger partial charge < -0.3 is 23.9 Å². The molecule has 4 aromatic rings. The Bertz CT molecular complexity index is 1660.